The van der Waals surface area contributed by atoms with Gasteiger partial charge in [-0.2, -0.15) is 0 Å². The maximum absolute atomic E-state index is 12.0. The van der Waals surface area contributed by atoms with Crippen molar-refractivity contribution in [1.29, 1.82) is 0 Å². The highest BCUT2D eigenvalue weighted by molar-refractivity contribution is 6.14. The van der Waals surface area contributed by atoms with Gasteiger partial charge in [0.25, 0.3) is 5.91 Å². The number of H-pyrrole nitrogens is 1. The number of hydrogen-bond acceptors (Lipinski definition) is 4. The molecule has 2 aromatic heterocycles. The fraction of sp³-hybridized carbons (Fsp3) is 0.312. The number of halogens is 2. The summed E-state index contributed by atoms with van der Waals surface area (Å²) in [6.07, 6.45) is 6.41. The van der Waals surface area contributed by atoms with Gasteiger partial charge in [0, 0.05) is 29.9 Å². The highest BCUT2D eigenvalue weighted by Crippen LogP contribution is 2.20. The molecule has 1 unspecified atom stereocenters. The van der Waals surface area contributed by atoms with Gasteiger partial charge >= 0.3 is 0 Å². The Bertz CT molecular complexity index is 769. The molecule has 1 aliphatic rings. The zero-order chi connectivity index (χ0) is 15.5. The molecule has 3 heterocycles. The molecule has 8 heteroatoms. The Balaban J connectivity index is 0.00000144. The lowest BCUT2D eigenvalue weighted by atomic mass is 10.1. The molecule has 0 bridgehead atoms. The number of aliphatic imine (C=N–C) groups is 1. The highest BCUT2D eigenvalue weighted by Gasteiger charge is 2.20. The van der Waals surface area contributed by atoms with E-state index in [1.807, 2.05) is 18.3 Å². The molecule has 1 atom stereocenters. The number of nitrogens with one attached hydrogen (secondary N) is 3. The number of hydrogen-bond donors (Lipinski definition) is 3. The van der Waals surface area contributed by atoms with Crippen LogP contribution in [0.15, 0.2) is 35.2 Å². The van der Waals surface area contributed by atoms with Gasteiger partial charge < -0.3 is 10.3 Å². The first-order valence-electron chi connectivity index (χ1n) is 7.45. The van der Waals surface area contributed by atoms with Crippen molar-refractivity contribution in [2.45, 2.75) is 20.3 Å². The fourth-order valence-corrected chi connectivity index (χ4v) is 2.21. The number of pyridine rings is 1. The standard InChI is InChI=1S/C16H19N5O.2ClH/c1-3-10(2)8-19-16-20-13(15(22)21-16)7-11-9-18-14-12(11)5-4-6-17-14;;/h4-7,9-10H,3,8H2,1-2H3,(H,17,18)(H2,19,20,21,22);2*1H. The van der Waals surface area contributed by atoms with Crippen LogP contribution >= 0.6 is 24.8 Å². The third-order valence-corrected chi connectivity index (χ3v) is 3.79. The summed E-state index contributed by atoms with van der Waals surface area (Å²) in [5.74, 6) is 0.867. The minimum Gasteiger partial charge on any atom is -0.355 e. The molecular formula is C16H21Cl2N5O. The summed E-state index contributed by atoms with van der Waals surface area (Å²) < 4.78 is 0. The molecule has 0 aliphatic carbocycles. The average Bonchev–Trinajstić information content (AvgIpc) is 3.10. The Morgan fingerprint density at radius 1 is 1.38 bits per heavy atom. The molecule has 0 radical (unpaired) electrons. The second-order valence-corrected chi connectivity index (χ2v) is 5.48. The Labute approximate surface area is 153 Å². The first kappa shape index (κ1) is 20.0. The number of fused-ring (bicyclic) bond motifs is 1. The van der Waals surface area contributed by atoms with Crippen molar-refractivity contribution in [3.8, 4) is 0 Å². The van der Waals surface area contributed by atoms with Gasteiger partial charge in [0.05, 0.1) is 0 Å². The lowest BCUT2D eigenvalue weighted by Crippen LogP contribution is -2.38. The van der Waals surface area contributed by atoms with Crippen molar-refractivity contribution in [1.82, 2.24) is 20.6 Å². The topological polar surface area (TPSA) is 82.2 Å². The number of carbonyl (C=O) groups excluding carboxylic acids is 1. The number of guanidine groups is 1. The third-order valence-electron chi connectivity index (χ3n) is 3.79. The van der Waals surface area contributed by atoms with Crippen LogP contribution in [0.4, 0.5) is 0 Å². The number of aromatic nitrogens is 2. The van der Waals surface area contributed by atoms with Crippen molar-refractivity contribution in [2.24, 2.45) is 10.9 Å². The monoisotopic (exact) mass is 369 g/mol. The molecule has 3 N–H and O–H groups in total. The summed E-state index contributed by atoms with van der Waals surface area (Å²) in [5.41, 5.74) is 2.10. The molecule has 0 fully saturated rings. The largest absolute Gasteiger partial charge is 0.355 e. The van der Waals surface area contributed by atoms with Crippen LogP contribution in [0.1, 0.15) is 25.8 Å². The predicted octanol–water partition coefficient (Wildman–Crippen LogP) is 2.87. The maximum atomic E-state index is 12.0. The van der Waals surface area contributed by atoms with Gasteiger partial charge in [0.15, 0.2) is 0 Å². The van der Waals surface area contributed by atoms with Crippen molar-refractivity contribution < 1.29 is 4.79 Å². The average molecular weight is 370 g/mol. The number of nitrogens with zero attached hydrogens (tertiary/aromatic N) is 2. The van der Waals surface area contributed by atoms with E-state index in [1.54, 1.807) is 12.3 Å². The summed E-state index contributed by atoms with van der Waals surface area (Å²) in [4.78, 5) is 23.6. The van der Waals surface area contributed by atoms with Crippen LogP contribution in [0, 0.1) is 5.92 Å². The molecule has 0 saturated heterocycles. The predicted molar refractivity (Wildman–Crippen MR) is 102 cm³/mol. The van der Waals surface area contributed by atoms with Gasteiger partial charge in [0.1, 0.15) is 11.3 Å². The third kappa shape index (κ3) is 4.27. The van der Waals surface area contributed by atoms with E-state index in [4.69, 9.17) is 0 Å². The van der Waals surface area contributed by atoms with Crippen LogP contribution in [-0.2, 0) is 4.79 Å². The quantitative estimate of drug-likeness (QED) is 0.724. The molecule has 6 nitrogen and oxygen atoms in total. The zero-order valence-electron chi connectivity index (χ0n) is 13.5. The first-order chi connectivity index (χ1) is 10.7. The second kappa shape index (κ2) is 8.70. The summed E-state index contributed by atoms with van der Waals surface area (Å²) in [5, 5.41) is 6.89. The fourth-order valence-electron chi connectivity index (χ4n) is 2.21. The summed E-state index contributed by atoms with van der Waals surface area (Å²) >= 11 is 0. The Hall–Kier alpha value is -2.05. The van der Waals surface area contributed by atoms with E-state index in [0.717, 1.165) is 29.6 Å². The molecule has 1 amide bonds. The number of rotatable bonds is 4. The smallest absolute Gasteiger partial charge is 0.276 e. The Morgan fingerprint density at radius 2 is 2.17 bits per heavy atom. The maximum Gasteiger partial charge on any atom is 0.276 e. The van der Waals surface area contributed by atoms with Gasteiger partial charge in [-0.05, 0) is 24.1 Å². The van der Waals surface area contributed by atoms with Crippen molar-refractivity contribution in [3.05, 3.63) is 35.8 Å². The molecule has 2 aromatic rings. The molecule has 0 spiro atoms. The number of amides is 1. The van der Waals surface area contributed by atoms with E-state index in [1.165, 1.54) is 0 Å². The summed E-state index contributed by atoms with van der Waals surface area (Å²) in [7, 11) is 0. The first-order valence-corrected chi connectivity index (χ1v) is 7.45. The van der Waals surface area contributed by atoms with Crippen LogP contribution in [0.2, 0.25) is 0 Å². The van der Waals surface area contributed by atoms with E-state index in [2.05, 4.69) is 39.4 Å². The molecule has 0 saturated carbocycles. The van der Waals surface area contributed by atoms with Gasteiger partial charge in [-0.25, -0.2) is 9.98 Å². The van der Waals surface area contributed by atoms with Crippen molar-refractivity contribution in [2.75, 3.05) is 6.54 Å². The highest BCUT2D eigenvalue weighted by atomic mass is 35.5. The number of aromatic amines is 1. The van der Waals surface area contributed by atoms with E-state index in [-0.39, 0.29) is 30.7 Å². The lowest BCUT2D eigenvalue weighted by Gasteiger charge is -2.09. The molecule has 24 heavy (non-hydrogen) atoms. The minimum absolute atomic E-state index is 0. The van der Waals surface area contributed by atoms with E-state index < -0.39 is 0 Å². The zero-order valence-corrected chi connectivity index (χ0v) is 15.1. The van der Waals surface area contributed by atoms with Gasteiger partial charge in [0.2, 0.25) is 5.96 Å². The van der Waals surface area contributed by atoms with Crippen LogP contribution < -0.4 is 10.6 Å². The Morgan fingerprint density at radius 3 is 2.92 bits per heavy atom. The SMILES string of the molecule is CCC(C)CNC1=NC(=Cc2c[nH]c3ncccc23)C(=O)N1.Cl.Cl. The summed E-state index contributed by atoms with van der Waals surface area (Å²) in [6, 6.07) is 3.83. The minimum atomic E-state index is -0.190. The van der Waals surface area contributed by atoms with Gasteiger partial charge in [-0.1, -0.05) is 20.3 Å². The van der Waals surface area contributed by atoms with E-state index in [0.29, 0.717) is 17.6 Å². The van der Waals surface area contributed by atoms with Crippen molar-refractivity contribution >= 4 is 53.8 Å². The molecular weight excluding hydrogens is 349 g/mol. The van der Waals surface area contributed by atoms with Crippen LogP contribution in [0.3, 0.4) is 0 Å². The van der Waals surface area contributed by atoms with E-state index in [9.17, 15) is 4.79 Å². The van der Waals surface area contributed by atoms with Crippen LogP contribution in [-0.4, -0.2) is 28.4 Å². The normalized spacial score (nSPS) is 16.2. The summed E-state index contributed by atoms with van der Waals surface area (Å²) in [6.45, 7) is 5.08. The second-order valence-electron chi connectivity index (χ2n) is 5.48. The molecule has 0 aromatic carbocycles. The van der Waals surface area contributed by atoms with Gasteiger partial charge in [-0.3, -0.25) is 10.1 Å². The molecule has 1 aliphatic heterocycles. The van der Waals surface area contributed by atoms with Crippen LogP contribution in [0.25, 0.3) is 17.1 Å². The number of carbonyl (C=O) groups is 1. The van der Waals surface area contributed by atoms with Crippen molar-refractivity contribution in [3.63, 3.8) is 0 Å². The Kier molecular flexibility index (Phi) is 7.25. The molecule has 130 valence electrons. The lowest BCUT2D eigenvalue weighted by molar-refractivity contribution is -0.115. The van der Waals surface area contributed by atoms with Gasteiger partial charge in [-0.15, -0.1) is 24.8 Å². The molecule has 3 rings (SSSR count). The van der Waals surface area contributed by atoms with Crippen LogP contribution in [0.5, 0.6) is 0 Å². The van der Waals surface area contributed by atoms with E-state index >= 15 is 0 Å².